The van der Waals surface area contributed by atoms with E-state index in [4.69, 9.17) is 5.73 Å². The fourth-order valence-electron chi connectivity index (χ4n) is 2.59. The second kappa shape index (κ2) is 5.71. The lowest BCUT2D eigenvalue weighted by Crippen LogP contribution is -2.49. The molecule has 5 heteroatoms. The average molecular weight is 274 g/mol. The molecule has 0 aromatic heterocycles. The molecule has 1 saturated heterocycles. The van der Waals surface area contributed by atoms with Gasteiger partial charge in [-0.1, -0.05) is 6.07 Å². The van der Waals surface area contributed by atoms with Crippen molar-refractivity contribution in [2.75, 3.05) is 43.4 Å². The molecule has 3 N–H and O–H groups in total. The van der Waals surface area contributed by atoms with E-state index in [0.29, 0.717) is 12.6 Å². The van der Waals surface area contributed by atoms with Gasteiger partial charge in [-0.3, -0.25) is 9.69 Å². The summed E-state index contributed by atoms with van der Waals surface area (Å²) in [5, 5.41) is 3.04. The molecule has 1 heterocycles. The van der Waals surface area contributed by atoms with E-state index >= 15 is 0 Å². The zero-order valence-corrected chi connectivity index (χ0v) is 11.7. The van der Waals surface area contributed by atoms with Gasteiger partial charge in [0.2, 0.25) is 5.91 Å². The number of rotatable bonds is 4. The maximum atomic E-state index is 11.8. The van der Waals surface area contributed by atoms with Gasteiger partial charge < -0.3 is 16.0 Å². The summed E-state index contributed by atoms with van der Waals surface area (Å²) in [4.78, 5) is 16.3. The van der Waals surface area contributed by atoms with Crippen molar-refractivity contribution in [3.63, 3.8) is 0 Å². The van der Waals surface area contributed by atoms with Gasteiger partial charge >= 0.3 is 0 Å². The summed E-state index contributed by atoms with van der Waals surface area (Å²) >= 11 is 0. The van der Waals surface area contributed by atoms with Crippen molar-refractivity contribution in [1.82, 2.24) is 10.2 Å². The van der Waals surface area contributed by atoms with Crippen LogP contribution in [0.3, 0.4) is 0 Å². The molecule has 0 atom stereocenters. The van der Waals surface area contributed by atoms with Crippen LogP contribution in [0.1, 0.15) is 12.8 Å². The number of carbonyl (C=O) groups excluding carboxylic acids is 1. The topological polar surface area (TPSA) is 61.6 Å². The Kier molecular flexibility index (Phi) is 3.78. The average Bonchev–Trinajstić information content (AvgIpc) is 3.23. The number of piperazine rings is 1. The van der Waals surface area contributed by atoms with Crippen molar-refractivity contribution in [2.45, 2.75) is 18.9 Å². The van der Waals surface area contributed by atoms with Gasteiger partial charge in [0.05, 0.1) is 6.54 Å². The molecule has 108 valence electrons. The van der Waals surface area contributed by atoms with Crippen LogP contribution in [0.2, 0.25) is 0 Å². The minimum Gasteiger partial charge on any atom is -0.399 e. The lowest BCUT2D eigenvalue weighted by molar-refractivity contribution is -0.122. The summed E-state index contributed by atoms with van der Waals surface area (Å²) in [6.07, 6.45) is 2.30. The van der Waals surface area contributed by atoms with Gasteiger partial charge in [-0.25, -0.2) is 0 Å². The van der Waals surface area contributed by atoms with E-state index in [1.54, 1.807) is 0 Å². The van der Waals surface area contributed by atoms with Crippen LogP contribution >= 0.6 is 0 Å². The summed E-state index contributed by atoms with van der Waals surface area (Å²) in [5.74, 6) is 0.171. The van der Waals surface area contributed by atoms with Crippen LogP contribution in [0.5, 0.6) is 0 Å². The molecule has 1 saturated carbocycles. The van der Waals surface area contributed by atoms with Crippen molar-refractivity contribution >= 4 is 17.3 Å². The fraction of sp³-hybridized carbons (Fsp3) is 0.533. The summed E-state index contributed by atoms with van der Waals surface area (Å²) in [7, 11) is 0. The van der Waals surface area contributed by atoms with Gasteiger partial charge in [-0.2, -0.15) is 0 Å². The Labute approximate surface area is 119 Å². The zero-order valence-electron chi connectivity index (χ0n) is 11.7. The van der Waals surface area contributed by atoms with E-state index in [2.05, 4.69) is 21.2 Å². The van der Waals surface area contributed by atoms with Crippen LogP contribution in [0.25, 0.3) is 0 Å². The third-order valence-corrected chi connectivity index (χ3v) is 3.92. The molecular weight excluding hydrogens is 252 g/mol. The lowest BCUT2D eigenvalue weighted by Gasteiger charge is -2.35. The highest BCUT2D eigenvalue weighted by Gasteiger charge is 2.25. The molecule has 1 aliphatic heterocycles. The van der Waals surface area contributed by atoms with Gasteiger partial charge in [-0.15, -0.1) is 0 Å². The third kappa shape index (κ3) is 3.42. The van der Waals surface area contributed by atoms with Crippen molar-refractivity contribution < 1.29 is 4.79 Å². The molecule has 1 aromatic rings. The van der Waals surface area contributed by atoms with Crippen LogP contribution in [0.4, 0.5) is 11.4 Å². The van der Waals surface area contributed by atoms with Gasteiger partial charge in [0.25, 0.3) is 0 Å². The van der Waals surface area contributed by atoms with Crippen molar-refractivity contribution in [2.24, 2.45) is 0 Å². The zero-order chi connectivity index (χ0) is 13.9. The second-order valence-corrected chi connectivity index (χ2v) is 5.70. The first-order chi connectivity index (χ1) is 9.70. The molecule has 1 aromatic carbocycles. The van der Waals surface area contributed by atoms with Crippen LogP contribution in [-0.2, 0) is 4.79 Å². The highest BCUT2D eigenvalue weighted by molar-refractivity contribution is 5.78. The van der Waals surface area contributed by atoms with Crippen LogP contribution < -0.4 is 16.0 Å². The highest BCUT2D eigenvalue weighted by Crippen LogP contribution is 2.20. The smallest absolute Gasteiger partial charge is 0.234 e. The molecule has 2 fully saturated rings. The molecule has 2 aliphatic rings. The molecule has 3 rings (SSSR count). The predicted octanol–water partition coefficient (Wildman–Crippen LogP) is 0.669. The molecule has 0 bridgehead atoms. The van der Waals surface area contributed by atoms with Gasteiger partial charge in [0.1, 0.15) is 0 Å². The van der Waals surface area contributed by atoms with Crippen molar-refractivity contribution in [1.29, 1.82) is 0 Å². The number of nitrogens with zero attached hydrogens (tertiary/aromatic N) is 2. The van der Waals surface area contributed by atoms with E-state index < -0.39 is 0 Å². The number of nitrogen functional groups attached to an aromatic ring is 1. The first-order valence-electron chi connectivity index (χ1n) is 7.33. The standard InChI is InChI=1S/C15H22N4O/c16-12-2-1-3-14(10-12)19-8-6-18(7-9-19)11-15(20)17-13-4-5-13/h1-3,10,13H,4-9,11,16H2,(H,17,20). The van der Waals surface area contributed by atoms with E-state index in [9.17, 15) is 4.79 Å². The Hall–Kier alpha value is -1.75. The van der Waals surface area contributed by atoms with Gasteiger partial charge in [-0.05, 0) is 31.0 Å². The number of nitrogens with two attached hydrogens (primary N) is 1. The molecule has 0 radical (unpaired) electrons. The largest absolute Gasteiger partial charge is 0.399 e. The quantitative estimate of drug-likeness (QED) is 0.792. The van der Waals surface area contributed by atoms with Crippen molar-refractivity contribution in [3.05, 3.63) is 24.3 Å². The van der Waals surface area contributed by atoms with Gasteiger partial charge in [0.15, 0.2) is 0 Å². The first kappa shape index (κ1) is 13.2. The monoisotopic (exact) mass is 274 g/mol. The number of anilines is 2. The molecular formula is C15H22N4O. The van der Waals surface area contributed by atoms with E-state index in [-0.39, 0.29) is 5.91 Å². The summed E-state index contributed by atoms with van der Waals surface area (Å²) in [5.41, 5.74) is 7.79. The first-order valence-corrected chi connectivity index (χ1v) is 7.33. The number of carbonyl (C=O) groups is 1. The van der Waals surface area contributed by atoms with Crippen LogP contribution in [0, 0.1) is 0 Å². The third-order valence-electron chi connectivity index (χ3n) is 3.92. The van der Waals surface area contributed by atoms with E-state index in [0.717, 1.165) is 44.7 Å². The van der Waals surface area contributed by atoms with E-state index in [1.165, 1.54) is 5.69 Å². The van der Waals surface area contributed by atoms with E-state index in [1.807, 2.05) is 18.2 Å². The number of amides is 1. The molecule has 1 aliphatic carbocycles. The normalized spacial score (nSPS) is 19.9. The maximum absolute atomic E-state index is 11.8. The summed E-state index contributed by atoms with van der Waals surface area (Å²) < 4.78 is 0. The SMILES string of the molecule is Nc1cccc(N2CCN(CC(=O)NC3CC3)CC2)c1. The number of benzene rings is 1. The van der Waals surface area contributed by atoms with Gasteiger partial charge in [0, 0.05) is 43.6 Å². The minimum atomic E-state index is 0.171. The van der Waals surface area contributed by atoms with Crippen LogP contribution in [-0.4, -0.2) is 49.6 Å². The highest BCUT2D eigenvalue weighted by atomic mass is 16.2. The Balaban J connectivity index is 1.47. The number of nitrogens with one attached hydrogen (secondary N) is 1. The Morgan fingerprint density at radius 3 is 2.65 bits per heavy atom. The molecule has 5 nitrogen and oxygen atoms in total. The fourth-order valence-corrected chi connectivity index (χ4v) is 2.59. The molecule has 0 unspecified atom stereocenters. The Bertz CT molecular complexity index is 479. The Morgan fingerprint density at radius 2 is 2.00 bits per heavy atom. The maximum Gasteiger partial charge on any atom is 0.234 e. The van der Waals surface area contributed by atoms with Crippen LogP contribution in [0.15, 0.2) is 24.3 Å². The Morgan fingerprint density at radius 1 is 1.25 bits per heavy atom. The number of hydrogen-bond donors (Lipinski definition) is 2. The predicted molar refractivity (Wildman–Crippen MR) is 80.7 cm³/mol. The minimum absolute atomic E-state index is 0.171. The summed E-state index contributed by atoms with van der Waals surface area (Å²) in [6.45, 7) is 4.27. The molecule has 20 heavy (non-hydrogen) atoms. The molecule has 1 amide bonds. The molecule has 0 spiro atoms. The summed E-state index contributed by atoms with van der Waals surface area (Å²) in [6, 6.07) is 8.44. The number of hydrogen-bond acceptors (Lipinski definition) is 4. The van der Waals surface area contributed by atoms with Crippen molar-refractivity contribution in [3.8, 4) is 0 Å². The lowest BCUT2D eigenvalue weighted by atomic mass is 10.2. The second-order valence-electron chi connectivity index (χ2n) is 5.70.